The van der Waals surface area contributed by atoms with E-state index >= 15 is 0 Å². The molecule has 0 spiro atoms. The number of alkyl halides is 3. The Morgan fingerprint density at radius 1 is 1.00 bits per heavy atom. The van der Waals surface area contributed by atoms with Crippen molar-refractivity contribution in [1.82, 2.24) is 4.72 Å². The fourth-order valence-electron chi connectivity index (χ4n) is 2.06. The molecule has 0 saturated heterocycles. The van der Waals surface area contributed by atoms with Crippen molar-refractivity contribution in [3.63, 3.8) is 0 Å². The summed E-state index contributed by atoms with van der Waals surface area (Å²) in [5, 5.41) is 0. The zero-order valence-electron chi connectivity index (χ0n) is 13.2. The molecule has 1 rings (SSSR count). The Morgan fingerprint density at radius 3 is 1.90 bits per heavy atom. The maximum Gasteiger partial charge on any atom is 0.416 e. The van der Waals surface area contributed by atoms with Crippen molar-refractivity contribution in [2.75, 3.05) is 0 Å². The molecule has 1 atom stereocenters. The maximum absolute atomic E-state index is 13.0. The lowest BCUT2D eigenvalue weighted by Crippen LogP contribution is -2.48. The van der Waals surface area contributed by atoms with Crippen molar-refractivity contribution in [1.29, 1.82) is 0 Å². The van der Waals surface area contributed by atoms with Gasteiger partial charge in [-0.1, -0.05) is 12.1 Å². The van der Waals surface area contributed by atoms with Crippen LogP contribution in [0.5, 0.6) is 0 Å². The van der Waals surface area contributed by atoms with Crippen molar-refractivity contribution in [3.8, 4) is 0 Å². The third-order valence-corrected chi connectivity index (χ3v) is 5.02. The summed E-state index contributed by atoms with van der Waals surface area (Å²) in [5.41, 5.74) is -0.830. The average molecular weight is 321 g/mol. The molecule has 1 N–H and O–H groups in total. The molecule has 0 radical (unpaired) electrons. The van der Waals surface area contributed by atoms with E-state index in [1.807, 2.05) is 20.8 Å². The Morgan fingerprint density at radius 2 is 1.48 bits per heavy atom. The Kier molecular flexibility index (Phi) is 5.08. The van der Waals surface area contributed by atoms with Crippen LogP contribution in [0.3, 0.4) is 0 Å². The van der Waals surface area contributed by atoms with Gasteiger partial charge >= 0.3 is 6.18 Å². The van der Waals surface area contributed by atoms with Crippen molar-refractivity contribution in [2.24, 2.45) is 0 Å². The maximum atomic E-state index is 13.0. The van der Waals surface area contributed by atoms with Gasteiger partial charge < -0.3 is 4.55 Å². The van der Waals surface area contributed by atoms with Crippen LogP contribution in [-0.2, 0) is 23.1 Å². The van der Waals surface area contributed by atoms with Crippen molar-refractivity contribution in [3.05, 3.63) is 34.9 Å². The Balaban J connectivity index is 3.21. The number of halogens is 3. The molecule has 0 heterocycles. The number of nitrogens with one attached hydrogen (secondary N) is 1. The smallest absolute Gasteiger partial charge is 0.416 e. The van der Waals surface area contributed by atoms with Gasteiger partial charge in [0.05, 0.1) is 11.1 Å². The van der Waals surface area contributed by atoms with Crippen LogP contribution in [0.15, 0.2) is 18.2 Å². The SMILES string of the molecule is Cc1c(C(F)(F)F)cccc1C(C)(C)N[S+]([O-])C(C)(C)C. The van der Waals surface area contributed by atoms with Gasteiger partial charge in [0.15, 0.2) is 0 Å². The summed E-state index contributed by atoms with van der Waals surface area (Å²) in [4.78, 5) is 0. The standard InChI is InChI=1S/C15H22F3NOS/c1-10-11(8-7-9-12(10)15(16,17)18)14(5,6)19-21(20)13(2,3)4/h7-9,19H,1-6H3. The second kappa shape index (κ2) is 5.82. The number of rotatable bonds is 3. The average Bonchev–Trinajstić information content (AvgIpc) is 2.25. The third kappa shape index (κ3) is 4.37. The van der Waals surface area contributed by atoms with E-state index in [1.54, 1.807) is 19.9 Å². The topological polar surface area (TPSA) is 35.1 Å². The lowest BCUT2D eigenvalue weighted by Gasteiger charge is -2.34. The second-order valence-electron chi connectivity index (χ2n) is 6.58. The minimum atomic E-state index is -4.39. The highest BCUT2D eigenvalue weighted by Gasteiger charge is 2.38. The normalized spacial score (nSPS) is 15.1. The highest BCUT2D eigenvalue weighted by molar-refractivity contribution is 7.90. The van der Waals surface area contributed by atoms with Crippen LogP contribution in [0.25, 0.3) is 0 Å². The molecule has 1 aromatic rings. The van der Waals surface area contributed by atoms with Crippen LogP contribution in [0, 0.1) is 6.92 Å². The van der Waals surface area contributed by atoms with Crippen LogP contribution in [-0.4, -0.2) is 9.30 Å². The van der Waals surface area contributed by atoms with E-state index in [-0.39, 0.29) is 5.56 Å². The van der Waals surface area contributed by atoms with Crippen molar-refractivity contribution >= 4 is 11.4 Å². The van der Waals surface area contributed by atoms with Crippen LogP contribution >= 0.6 is 0 Å². The summed E-state index contributed by atoms with van der Waals surface area (Å²) in [6, 6.07) is 4.08. The van der Waals surface area contributed by atoms with Crippen LogP contribution in [0.4, 0.5) is 13.2 Å². The molecule has 0 fully saturated rings. The monoisotopic (exact) mass is 321 g/mol. The minimum absolute atomic E-state index is 0.161. The van der Waals surface area contributed by atoms with E-state index in [2.05, 4.69) is 4.72 Å². The predicted octanol–water partition coefficient (Wildman–Crippen LogP) is 4.30. The van der Waals surface area contributed by atoms with E-state index in [0.717, 1.165) is 6.07 Å². The van der Waals surface area contributed by atoms with E-state index in [1.165, 1.54) is 13.0 Å². The second-order valence-corrected chi connectivity index (χ2v) is 8.55. The quantitative estimate of drug-likeness (QED) is 0.842. The van der Waals surface area contributed by atoms with Gasteiger partial charge in [0.1, 0.15) is 4.75 Å². The fraction of sp³-hybridized carbons (Fsp3) is 0.600. The molecule has 6 heteroatoms. The number of hydrogen-bond acceptors (Lipinski definition) is 2. The zero-order chi connectivity index (χ0) is 16.6. The van der Waals surface area contributed by atoms with Crippen molar-refractivity contribution < 1.29 is 17.7 Å². The highest BCUT2D eigenvalue weighted by Crippen LogP contribution is 2.36. The molecule has 0 aliphatic carbocycles. The molecule has 0 bridgehead atoms. The first-order chi connectivity index (χ1) is 9.27. The molecule has 0 aliphatic heterocycles. The van der Waals surface area contributed by atoms with Crippen LogP contribution in [0.1, 0.15) is 51.3 Å². The molecule has 1 unspecified atom stereocenters. The molecule has 0 saturated carbocycles. The van der Waals surface area contributed by atoms with Gasteiger partial charge in [-0.3, -0.25) is 0 Å². The number of hydrogen-bond donors (Lipinski definition) is 1. The predicted molar refractivity (Wildman–Crippen MR) is 80.2 cm³/mol. The molecular formula is C15H22F3NOS. The van der Waals surface area contributed by atoms with E-state index in [9.17, 15) is 17.7 Å². The Labute approximate surface area is 127 Å². The van der Waals surface area contributed by atoms with Gasteiger partial charge in [0.25, 0.3) is 0 Å². The molecule has 120 valence electrons. The zero-order valence-corrected chi connectivity index (χ0v) is 14.0. The Bertz CT molecular complexity index is 507. The third-order valence-electron chi connectivity index (χ3n) is 3.22. The van der Waals surface area contributed by atoms with Gasteiger partial charge in [-0.15, -0.1) is 4.72 Å². The summed E-state index contributed by atoms with van der Waals surface area (Å²) in [7, 11) is 0. The molecule has 0 aromatic heterocycles. The lowest BCUT2D eigenvalue weighted by atomic mass is 9.89. The first-order valence-corrected chi connectivity index (χ1v) is 7.79. The first kappa shape index (κ1) is 18.3. The van der Waals surface area contributed by atoms with Gasteiger partial charge in [0.2, 0.25) is 0 Å². The molecule has 0 aliphatic rings. The fourth-order valence-corrected chi connectivity index (χ4v) is 2.94. The molecule has 21 heavy (non-hydrogen) atoms. The Hall–Kier alpha value is -0.720. The molecule has 1 aromatic carbocycles. The van der Waals surface area contributed by atoms with Gasteiger partial charge in [-0.2, -0.15) is 13.2 Å². The molecule has 0 amide bonds. The van der Waals surface area contributed by atoms with E-state index < -0.39 is 33.4 Å². The van der Waals surface area contributed by atoms with Crippen molar-refractivity contribution in [2.45, 2.75) is 58.0 Å². The summed E-state index contributed by atoms with van der Waals surface area (Å²) in [5.74, 6) is 0. The summed E-state index contributed by atoms with van der Waals surface area (Å²) >= 11 is -1.37. The summed E-state index contributed by atoms with van der Waals surface area (Å²) in [6.45, 7) is 10.3. The van der Waals surface area contributed by atoms with Crippen LogP contribution in [0.2, 0.25) is 0 Å². The number of benzene rings is 1. The largest absolute Gasteiger partial charge is 0.598 e. The first-order valence-electron chi connectivity index (χ1n) is 6.64. The van der Waals surface area contributed by atoms with Crippen LogP contribution < -0.4 is 4.72 Å². The van der Waals surface area contributed by atoms with Gasteiger partial charge in [-0.05, 0) is 58.7 Å². The van der Waals surface area contributed by atoms with Gasteiger partial charge in [-0.25, -0.2) is 0 Å². The van der Waals surface area contributed by atoms with E-state index in [0.29, 0.717) is 5.56 Å². The lowest BCUT2D eigenvalue weighted by molar-refractivity contribution is -0.138. The molecule has 2 nitrogen and oxygen atoms in total. The van der Waals surface area contributed by atoms with E-state index in [4.69, 9.17) is 0 Å². The summed E-state index contributed by atoms with van der Waals surface area (Å²) in [6.07, 6.45) is -4.39. The molecular weight excluding hydrogens is 299 g/mol. The highest BCUT2D eigenvalue weighted by atomic mass is 32.2. The minimum Gasteiger partial charge on any atom is -0.598 e. The van der Waals surface area contributed by atoms with Gasteiger partial charge in [0, 0.05) is 11.4 Å². The summed E-state index contributed by atoms with van der Waals surface area (Å²) < 4.78 is 53.6.